The van der Waals surface area contributed by atoms with Gasteiger partial charge in [-0.2, -0.15) is 0 Å². The normalized spacial score (nSPS) is 15.6. The van der Waals surface area contributed by atoms with E-state index in [0.29, 0.717) is 5.56 Å². The molecule has 0 saturated heterocycles. The van der Waals surface area contributed by atoms with Crippen LogP contribution in [0.2, 0.25) is 0 Å². The van der Waals surface area contributed by atoms with E-state index in [0.717, 1.165) is 30.2 Å². The molecule has 0 radical (unpaired) electrons. The van der Waals surface area contributed by atoms with Crippen molar-refractivity contribution in [2.75, 3.05) is 6.61 Å². The van der Waals surface area contributed by atoms with Crippen LogP contribution < -0.4 is 0 Å². The van der Waals surface area contributed by atoms with Crippen LogP contribution in [-0.2, 0) is 9.53 Å². The number of ether oxygens (including phenoxy) is 1. The molecule has 1 aliphatic rings. The number of benzene rings is 1. The fourth-order valence-corrected chi connectivity index (χ4v) is 2.69. The smallest absolute Gasteiger partial charge is 0.309 e. The van der Waals surface area contributed by atoms with Crippen molar-refractivity contribution in [1.29, 1.82) is 0 Å². The van der Waals surface area contributed by atoms with E-state index >= 15 is 0 Å². The number of Topliss-reactive ketones (excluding diaryl/α,β-unsaturated/α-hetero) is 1. The zero-order valence-electron chi connectivity index (χ0n) is 10.0. The lowest BCUT2D eigenvalue weighted by Gasteiger charge is -2.09. The predicted molar refractivity (Wildman–Crippen MR) is 71.4 cm³/mol. The fourth-order valence-electron chi connectivity index (χ4n) is 2.18. The van der Waals surface area contributed by atoms with Crippen molar-refractivity contribution in [3.8, 4) is 0 Å². The maximum Gasteiger partial charge on any atom is 0.309 e. The predicted octanol–water partition coefficient (Wildman–Crippen LogP) is 3.37. The average molecular weight is 311 g/mol. The summed E-state index contributed by atoms with van der Waals surface area (Å²) in [6.45, 7) is -0.169. The molecule has 18 heavy (non-hydrogen) atoms. The number of esters is 1. The molecular formula is C14H15BrO3. The highest BCUT2D eigenvalue weighted by atomic mass is 79.9. The topological polar surface area (TPSA) is 43.4 Å². The number of ketones is 1. The molecule has 1 fully saturated rings. The molecule has 0 N–H and O–H groups in total. The van der Waals surface area contributed by atoms with E-state index in [-0.39, 0.29) is 24.3 Å². The summed E-state index contributed by atoms with van der Waals surface area (Å²) < 4.78 is 5.82. The van der Waals surface area contributed by atoms with Crippen molar-refractivity contribution in [3.05, 3.63) is 34.3 Å². The maximum atomic E-state index is 11.9. The van der Waals surface area contributed by atoms with E-state index in [2.05, 4.69) is 15.9 Å². The van der Waals surface area contributed by atoms with Crippen LogP contribution in [0.3, 0.4) is 0 Å². The van der Waals surface area contributed by atoms with Crippen LogP contribution in [-0.4, -0.2) is 18.4 Å². The minimum absolute atomic E-state index is 0.00276. The Kier molecular flexibility index (Phi) is 4.53. The third kappa shape index (κ3) is 3.19. The Hall–Kier alpha value is -1.16. The highest BCUT2D eigenvalue weighted by Crippen LogP contribution is 2.25. The summed E-state index contributed by atoms with van der Waals surface area (Å²) >= 11 is 3.31. The quantitative estimate of drug-likeness (QED) is 0.632. The van der Waals surface area contributed by atoms with Crippen molar-refractivity contribution in [2.24, 2.45) is 5.92 Å². The standard InChI is InChI=1S/C14H15BrO3/c15-12-8-4-3-7-11(12)13(16)9-18-14(17)10-5-1-2-6-10/h3-4,7-8,10H,1-2,5-6,9H2. The molecule has 1 aromatic carbocycles. The molecule has 1 aliphatic carbocycles. The second kappa shape index (κ2) is 6.14. The Morgan fingerprint density at radius 1 is 1.22 bits per heavy atom. The van der Waals surface area contributed by atoms with Gasteiger partial charge in [0, 0.05) is 10.0 Å². The summed E-state index contributed by atoms with van der Waals surface area (Å²) in [6, 6.07) is 7.14. The van der Waals surface area contributed by atoms with Crippen LogP contribution in [0.15, 0.2) is 28.7 Å². The Labute approximate surface area is 115 Å². The minimum Gasteiger partial charge on any atom is -0.457 e. The van der Waals surface area contributed by atoms with Gasteiger partial charge in [0.25, 0.3) is 0 Å². The molecule has 0 aliphatic heterocycles. The Balaban J connectivity index is 1.88. The van der Waals surface area contributed by atoms with E-state index < -0.39 is 0 Å². The molecule has 96 valence electrons. The monoisotopic (exact) mass is 310 g/mol. The highest BCUT2D eigenvalue weighted by Gasteiger charge is 2.24. The first-order valence-electron chi connectivity index (χ1n) is 6.13. The molecule has 0 unspecified atom stereocenters. The molecule has 0 spiro atoms. The summed E-state index contributed by atoms with van der Waals surface area (Å²) in [4.78, 5) is 23.6. The van der Waals surface area contributed by atoms with Crippen LogP contribution in [0.4, 0.5) is 0 Å². The highest BCUT2D eigenvalue weighted by molar-refractivity contribution is 9.10. The maximum absolute atomic E-state index is 11.9. The molecule has 0 atom stereocenters. The van der Waals surface area contributed by atoms with Gasteiger partial charge in [-0.05, 0) is 18.9 Å². The summed E-state index contributed by atoms with van der Waals surface area (Å²) in [6.07, 6.45) is 3.94. The van der Waals surface area contributed by atoms with Gasteiger partial charge in [0.2, 0.25) is 5.78 Å². The lowest BCUT2D eigenvalue weighted by atomic mass is 10.1. The van der Waals surface area contributed by atoms with Gasteiger partial charge < -0.3 is 4.74 Å². The second-order valence-corrected chi connectivity index (χ2v) is 5.35. The summed E-state index contributed by atoms with van der Waals surface area (Å²) in [5.74, 6) is -0.404. The van der Waals surface area contributed by atoms with E-state index in [4.69, 9.17) is 4.74 Å². The van der Waals surface area contributed by atoms with Crippen LogP contribution in [0.5, 0.6) is 0 Å². The number of carbonyl (C=O) groups excluding carboxylic acids is 2. The molecule has 3 nitrogen and oxygen atoms in total. The third-order valence-electron chi connectivity index (χ3n) is 3.21. The summed E-state index contributed by atoms with van der Waals surface area (Å²) in [5, 5.41) is 0. The van der Waals surface area contributed by atoms with Crippen molar-refractivity contribution in [3.63, 3.8) is 0 Å². The summed E-state index contributed by atoms with van der Waals surface area (Å²) in [7, 11) is 0. The van der Waals surface area contributed by atoms with Crippen LogP contribution in [0.1, 0.15) is 36.0 Å². The molecular weight excluding hydrogens is 296 g/mol. The first-order valence-corrected chi connectivity index (χ1v) is 6.92. The van der Waals surface area contributed by atoms with Gasteiger partial charge in [-0.1, -0.05) is 47.0 Å². The first kappa shape index (κ1) is 13.3. The van der Waals surface area contributed by atoms with E-state index in [1.165, 1.54) is 0 Å². The lowest BCUT2D eigenvalue weighted by Crippen LogP contribution is -2.19. The van der Waals surface area contributed by atoms with Gasteiger partial charge in [0.05, 0.1) is 5.92 Å². The largest absolute Gasteiger partial charge is 0.457 e. The minimum atomic E-state index is -0.229. The number of carbonyl (C=O) groups is 2. The Bertz CT molecular complexity index is 450. The average Bonchev–Trinajstić information content (AvgIpc) is 2.90. The van der Waals surface area contributed by atoms with Gasteiger partial charge in [-0.15, -0.1) is 0 Å². The number of hydrogen-bond donors (Lipinski definition) is 0. The van der Waals surface area contributed by atoms with E-state index in [1.54, 1.807) is 18.2 Å². The molecule has 4 heteroatoms. The number of halogens is 1. The second-order valence-electron chi connectivity index (χ2n) is 4.49. The Morgan fingerprint density at radius 3 is 2.56 bits per heavy atom. The van der Waals surface area contributed by atoms with Crippen molar-refractivity contribution in [2.45, 2.75) is 25.7 Å². The zero-order chi connectivity index (χ0) is 13.0. The number of rotatable bonds is 4. The van der Waals surface area contributed by atoms with Crippen LogP contribution >= 0.6 is 15.9 Å². The van der Waals surface area contributed by atoms with Gasteiger partial charge in [0.1, 0.15) is 0 Å². The van der Waals surface area contributed by atoms with E-state index in [1.807, 2.05) is 6.07 Å². The van der Waals surface area contributed by atoms with Crippen molar-refractivity contribution >= 4 is 27.7 Å². The van der Waals surface area contributed by atoms with Gasteiger partial charge in [-0.25, -0.2) is 0 Å². The molecule has 0 bridgehead atoms. The van der Waals surface area contributed by atoms with E-state index in [9.17, 15) is 9.59 Å². The summed E-state index contributed by atoms with van der Waals surface area (Å²) in [5.41, 5.74) is 0.553. The SMILES string of the molecule is O=C(COC(=O)C1CCCC1)c1ccccc1Br. The molecule has 1 aromatic rings. The molecule has 1 saturated carbocycles. The van der Waals surface area contributed by atoms with Gasteiger partial charge in [-0.3, -0.25) is 9.59 Å². The zero-order valence-corrected chi connectivity index (χ0v) is 11.6. The number of hydrogen-bond acceptors (Lipinski definition) is 3. The van der Waals surface area contributed by atoms with Gasteiger partial charge >= 0.3 is 5.97 Å². The molecule has 0 aromatic heterocycles. The lowest BCUT2D eigenvalue weighted by molar-refractivity contribution is -0.147. The first-order chi connectivity index (χ1) is 8.68. The van der Waals surface area contributed by atoms with Crippen molar-refractivity contribution < 1.29 is 14.3 Å². The molecule has 0 heterocycles. The van der Waals surface area contributed by atoms with Crippen LogP contribution in [0, 0.1) is 5.92 Å². The third-order valence-corrected chi connectivity index (χ3v) is 3.90. The van der Waals surface area contributed by atoms with Crippen molar-refractivity contribution in [1.82, 2.24) is 0 Å². The van der Waals surface area contributed by atoms with Crippen LogP contribution in [0.25, 0.3) is 0 Å². The molecule has 2 rings (SSSR count). The Morgan fingerprint density at radius 2 is 1.89 bits per heavy atom. The fraction of sp³-hybridized carbons (Fsp3) is 0.429. The van der Waals surface area contributed by atoms with Gasteiger partial charge in [0.15, 0.2) is 6.61 Å². The molecule has 0 amide bonds.